The Hall–Kier alpha value is -5.92. The molecule has 0 aliphatic rings. The smallest absolute Gasteiger partial charge is 0.291 e. The Morgan fingerprint density at radius 3 is 1.32 bits per heavy atom. The predicted molar refractivity (Wildman–Crippen MR) is 251 cm³/mol. The molecule has 0 aliphatic heterocycles. The molecule has 6 rings (SSSR count). The minimum absolute atomic E-state index is 0.199. The van der Waals surface area contributed by atoms with E-state index in [1.165, 1.54) is 0 Å². The number of carbonyl (C=O) groups excluding carboxylic acids is 2. The van der Waals surface area contributed by atoms with Crippen molar-refractivity contribution in [3.05, 3.63) is 131 Å². The number of furan rings is 2. The fraction of sp³-hybridized carbons (Fsp3) is 0.292. The molecular weight excluding hydrogens is 831 g/mol. The number of hydrogen-bond acceptors (Lipinski definition) is 10. The predicted octanol–water partition coefficient (Wildman–Crippen LogP) is 11.8. The molecule has 0 atom stereocenters. The highest BCUT2D eigenvalue weighted by Crippen LogP contribution is 2.30. The molecule has 332 valence electrons. The molecule has 0 saturated carbocycles. The van der Waals surface area contributed by atoms with Gasteiger partial charge < -0.3 is 49.0 Å². The van der Waals surface area contributed by atoms with Crippen LogP contribution in [-0.4, -0.2) is 66.4 Å². The van der Waals surface area contributed by atoms with Crippen LogP contribution in [0.5, 0.6) is 23.0 Å². The van der Waals surface area contributed by atoms with Crippen molar-refractivity contribution in [2.45, 2.75) is 40.5 Å². The number of nitrogens with one attached hydrogen (secondary N) is 4. The summed E-state index contributed by atoms with van der Waals surface area (Å²) in [6, 6.07) is 31.7. The van der Waals surface area contributed by atoms with E-state index in [0.717, 1.165) is 30.5 Å². The Morgan fingerprint density at radius 2 is 0.919 bits per heavy atom. The number of anilines is 2. The zero-order chi connectivity index (χ0) is 45.3. The van der Waals surface area contributed by atoms with E-state index in [9.17, 15) is 9.59 Å². The SMILES string of the molecule is CC.CC.CNCCCCOc1cc(NC(=O)c2ccc(-c3ccc(Cl)cc3)o2)cc(OC)c1.CNCCOc1cc(NC(=O)c2ccc(-c3ccc(Cl)cc3)o2)cc(OC)c1. The van der Waals surface area contributed by atoms with Gasteiger partial charge in [0.25, 0.3) is 11.8 Å². The molecule has 2 heterocycles. The molecule has 14 heteroatoms. The maximum Gasteiger partial charge on any atom is 0.291 e. The molecule has 62 heavy (non-hydrogen) atoms. The van der Waals surface area contributed by atoms with Gasteiger partial charge in [-0.3, -0.25) is 9.59 Å². The van der Waals surface area contributed by atoms with Crippen LogP contribution in [0.1, 0.15) is 61.6 Å². The summed E-state index contributed by atoms with van der Waals surface area (Å²) in [5.74, 6) is 3.27. The lowest BCUT2D eigenvalue weighted by atomic mass is 10.2. The van der Waals surface area contributed by atoms with Crippen molar-refractivity contribution in [2.24, 2.45) is 0 Å². The van der Waals surface area contributed by atoms with Gasteiger partial charge in [0.15, 0.2) is 11.5 Å². The van der Waals surface area contributed by atoms with Crippen LogP contribution in [-0.2, 0) is 0 Å². The third-order valence-electron chi connectivity index (χ3n) is 8.37. The first-order valence-corrected chi connectivity index (χ1v) is 21.2. The normalized spacial score (nSPS) is 10.1. The van der Waals surface area contributed by atoms with Crippen molar-refractivity contribution in [2.75, 3.05) is 65.3 Å². The van der Waals surface area contributed by atoms with E-state index in [1.807, 2.05) is 66.1 Å². The van der Waals surface area contributed by atoms with Crippen LogP contribution in [0.3, 0.4) is 0 Å². The summed E-state index contributed by atoms with van der Waals surface area (Å²) in [7, 11) is 6.91. The molecule has 0 spiro atoms. The summed E-state index contributed by atoms with van der Waals surface area (Å²) in [4.78, 5) is 25.2. The van der Waals surface area contributed by atoms with Gasteiger partial charge in [-0.05, 0) is 106 Å². The third kappa shape index (κ3) is 16.5. The maximum absolute atomic E-state index is 12.6. The van der Waals surface area contributed by atoms with Crippen molar-refractivity contribution >= 4 is 46.4 Å². The second kappa shape index (κ2) is 27.8. The highest BCUT2D eigenvalue weighted by molar-refractivity contribution is 6.31. The third-order valence-corrected chi connectivity index (χ3v) is 8.88. The molecule has 4 N–H and O–H groups in total. The van der Waals surface area contributed by atoms with Gasteiger partial charge >= 0.3 is 0 Å². The van der Waals surface area contributed by atoms with Gasteiger partial charge in [-0.15, -0.1) is 0 Å². The monoisotopic (exact) mass is 888 g/mol. The maximum atomic E-state index is 12.6. The number of rotatable bonds is 18. The minimum Gasteiger partial charge on any atom is -0.497 e. The average Bonchev–Trinajstić information content (AvgIpc) is 4.01. The fourth-order valence-electron chi connectivity index (χ4n) is 5.40. The molecule has 12 nitrogen and oxygen atoms in total. The van der Waals surface area contributed by atoms with Gasteiger partial charge in [0.2, 0.25) is 0 Å². The second-order valence-electron chi connectivity index (χ2n) is 12.7. The number of amides is 2. The van der Waals surface area contributed by atoms with Gasteiger partial charge in [0, 0.05) is 75.5 Å². The van der Waals surface area contributed by atoms with Crippen LogP contribution < -0.4 is 40.2 Å². The van der Waals surface area contributed by atoms with Gasteiger partial charge in [0.05, 0.1) is 20.8 Å². The summed E-state index contributed by atoms with van der Waals surface area (Å²) < 4.78 is 33.5. The van der Waals surface area contributed by atoms with Crippen molar-refractivity contribution < 1.29 is 37.4 Å². The molecule has 4 aromatic carbocycles. The van der Waals surface area contributed by atoms with Gasteiger partial charge in [-0.1, -0.05) is 50.9 Å². The number of unbranched alkanes of at least 4 members (excludes halogenated alkanes) is 1. The number of likely N-dealkylation sites (N-methyl/N-ethyl adjacent to an activating group) is 1. The van der Waals surface area contributed by atoms with Crippen LogP contribution in [0, 0.1) is 0 Å². The van der Waals surface area contributed by atoms with Crippen LogP contribution in [0.25, 0.3) is 22.6 Å². The van der Waals surface area contributed by atoms with Crippen LogP contribution >= 0.6 is 23.2 Å². The first-order chi connectivity index (χ1) is 30.2. The van der Waals surface area contributed by atoms with Crippen molar-refractivity contribution in [3.8, 4) is 45.6 Å². The lowest BCUT2D eigenvalue weighted by Crippen LogP contribution is -2.16. The molecule has 0 aliphatic carbocycles. The van der Waals surface area contributed by atoms with Crippen LogP contribution in [0.15, 0.2) is 118 Å². The van der Waals surface area contributed by atoms with Crippen molar-refractivity contribution in [3.63, 3.8) is 0 Å². The fourth-order valence-corrected chi connectivity index (χ4v) is 5.65. The Balaban J connectivity index is 0.000000307. The number of halogens is 2. The lowest BCUT2D eigenvalue weighted by Gasteiger charge is -2.11. The summed E-state index contributed by atoms with van der Waals surface area (Å²) in [6.07, 6.45) is 1.96. The van der Waals surface area contributed by atoms with E-state index in [2.05, 4.69) is 21.3 Å². The summed E-state index contributed by atoms with van der Waals surface area (Å²) >= 11 is 11.8. The zero-order valence-corrected chi connectivity index (χ0v) is 38.2. The quantitative estimate of drug-likeness (QED) is 0.0615. The van der Waals surface area contributed by atoms with Gasteiger partial charge in [-0.25, -0.2) is 0 Å². The number of methoxy groups -OCH3 is 2. The molecule has 2 amide bonds. The molecule has 0 bridgehead atoms. The van der Waals surface area contributed by atoms with Gasteiger partial charge in [-0.2, -0.15) is 0 Å². The topological polar surface area (TPSA) is 145 Å². The van der Waals surface area contributed by atoms with E-state index in [0.29, 0.717) is 75.7 Å². The minimum atomic E-state index is -0.366. The Morgan fingerprint density at radius 1 is 0.516 bits per heavy atom. The number of ether oxygens (including phenoxy) is 4. The average molecular weight is 890 g/mol. The highest BCUT2D eigenvalue weighted by atomic mass is 35.5. The molecule has 0 radical (unpaired) electrons. The number of hydrogen-bond donors (Lipinski definition) is 4. The Labute approximate surface area is 375 Å². The number of benzene rings is 4. The van der Waals surface area contributed by atoms with Crippen molar-refractivity contribution in [1.29, 1.82) is 0 Å². The second-order valence-corrected chi connectivity index (χ2v) is 13.5. The largest absolute Gasteiger partial charge is 0.497 e. The summed E-state index contributed by atoms with van der Waals surface area (Å²) in [5.41, 5.74) is 2.79. The first kappa shape index (κ1) is 50.4. The Bertz CT molecular complexity index is 2220. The number of carbonyl (C=O) groups is 2. The molecule has 0 unspecified atom stereocenters. The molecule has 2 aromatic heterocycles. The summed E-state index contributed by atoms with van der Waals surface area (Å²) in [6.45, 7) is 10.7. The molecule has 0 saturated heterocycles. The standard InChI is InChI=1S/C23H25ClN2O4.C21H21ClN2O4.2C2H6/c1-25-11-3-4-12-29-20-14-18(13-19(15-20)28-2)26-23(27)22-10-9-21(30-22)16-5-7-17(24)8-6-16;1-23-9-10-27-18-12-16(11-17(13-18)26-2)24-21(25)20-8-7-19(28-20)14-3-5-15(22)6-4-14;2*1-2/h5-10,13-15,25H,3-4,11-12H2,1-2H3,(H,26,27);3-8,11-13,23H,9-10H2,1-2H3,(H,24,25);2*1-2H3. The zero-order valence-electron chi connectivity index (χ0n) is 36.7. The molecule has 6 aromatic rings. The first-order valence-electron chi connectivity index (χ1n) is 20.4. The lowest BCUT2D eigenvalue weighted by molar-refractivity contribution is 0.0990. The molecule has 0 fully saturated rings. The van der Waals surface area contributed by atoms with E-state index in [-0.39, 0.29) is 23.3 Å². The van der Waals surface area contributed by atoms with E-state index >= 15 is 0 Å². The highest BCUT2D eigenvalue weighted by Gasteiger charge is 2.16. The van der Waals surface area contributed by atoms with Crippen molar-refractivity contribution in [1.82, 2.24) is 10.6 Å². The van der Waals surface area contributed by atoms with Crippen LogP contribution in [0.4, 0.5) is 11.4 Å². The van der Waals surface area contributed by atoms with E-state index in [4.69, 9.17) is 51.0 Å². The Kier molecular flexibility index (Phi) is 22.6. The van der Waals surface area contributed by atoms with E-state index in [1.54, 1.807) is 99.1 Å². The summed E-state index contributed by atoms with van der Waals surface area (Å²) in [5, 5.41) is 13.0. The van der Waals surface area contributed by atoms with Gasteiger partial charge in [0.1, 0.15) is 41.1 Å². The molecular formula is C48H58Cl2N4O8. The van der Waals surface area contributed by atoms with Crippen LogP contribution in [0.2, 0.25) is 10.0 Å². The van der Waals surface area contributed by atoms with E-state index < -0.39 is 0 Å².